The molecule has 3 aliphatic heterocycles. The van der Waals surface area contributed by atoms with Crippen LogP contribution in [0.15, 0.2) is 24.5 Å². The lowest BCUT2D eigenvalue weighted by Crippen LogP contribution is -2.55. The molecule has 12 nitrogen and oxygen atoms in total. The highest BCUT2D eigenvalue weighted by Crippen LogP contribution is 2.28. The predicted octanol–water partition coefficient (Wildman–Crippen LogP) is 1.44. The van der Waals surface area contributed by atoms with Gasteiger partial charge in [0.15, 0.2) is 17.0 Å². The summed E-state index contributed by atoms with van der Waals surface area (Å²) in [7, 11) is 0. The Labute approximate surface area is 215 Å². The van der Waals surface area contributed by atoms with Crippen LogP contribution in [-0.2, 0) is 4.74 Å². The molecule has 6 rings (SSSR count). The van der Waals surface area contributed by atoms with Crippen LogP contribution in [0.5, 0.6) is 0 Å². The molecule has 0 atom stereocenters. The van der Waals surface area contributed by atoms with Crippen molar-refractivity contribution in [2.45, 2.75) is 31.8 Å². The first-order valence-corrected chi connectivity index (χ1v) is 13.0. The van der Waals surface area contributed by atoms with Gasteiger partial charge in [-0.1, -0.05) is 6.07 Å². The van der Waals surface area contributed by atoms with E-state index in [0.29, 0.717) is 13.2 Å². The Kier molecular flexibility index (Phi) is 6.43. The third-order valence-electron chi connectivity index (χ3n) is 7.44. The van der Waals surface area contributed by atoms with E-state index in [2.05, 4.69) is 46.4 Å². The molecule has 5 N–H and O–H groups in total. The van der Waals surface area contributed by atoms with E-state index in [0.717, 1.165) is 92.0 Å². The number of piperidine rings is 1. The molecule has 3 fully saturated rings. The number of imidazole rings is 1. The summed E-state index contributed by atoms with van der Waals surface area (Å²) in [5.41, 5.74) is 10.4. The number of aromatic amines is 1. The molecule has 196 valence electrons. The van der Waals surface area contributed by atoms with Gasteiger partial charge in [0.05, 0.1) is 13.2 Å². The minimum absolute atomic E-state index is 0.0983. The highest BCUT2D eigenvalue weighted by atomic mass is 16.5. The Morgan fingerprint density at radius 3 is 2.62 bits per heavy atom. The molecular weight excluding hydrogens is 472 g/mol. The summed E-state index contributed by atoms with van der Waals surface area (Å²) in [6.45, 7) is 8.24. The third kappa shape index (κ3) is 4.98. The SMILES string of the molecule is Cc1ccc(N2CC(N)C2)cc1NC(=O)NC1CCN(c2nc3c(N4CCOCC4)ncnc3[nH]2)CC1. The maximum Gasteiger partial charge on any atom is 0.319 e. The van der Waals surface area contributed by atoms with Crippen molar-refractivity contribution in [2.24, 2.45) is 5.73 Å². The molecule has 0 radical (unpaired) electrons. The molecule has 2 aromatic heterocycles. The largest absolute Gasteiger partial charge is 0.378 e. The highest BCUT2D eigenvalue weighted by molar-refractivity contribution is 5.91. The molecule has 1 aromatic carbocycles. The van der Waals surface area contributed by atoms with Crippen LogP contribution in [0.2, 0.25) is 0 Å². The van der Waals surface area contributed by atoms with Crippen LogP contribution >= 0.6 is 0 Å². The van der Waals surface area contributed by atoms with Gasteiger partial charge >= 0.3 is 6.03 Å². The number of amides is 2. The van der Waals surface area contributed by atoms with E-state index < -0.39 is 0 Å². The second-order valence-corrected chi connectivity index (χ2v) is 10.1. The number of aromatic nitrogens is 4. The number of aryl methyl sites for hydroxylation is 1. The van der Waals surface area contributed by atoms with Gasteiger partial charge in [-0.15, -0.1) is 0 Å². The van der Waals surface area contributed by atoms with E-state index in [1.807, 2.05) is 19.1 Å². The number of nitrogens with zero attached hydrogens (tertiary/aromatic N) is 6. The van der Waals surface area contributed by atoms with Crippen molar-refractivity contribution < 1.29 is 9.53 Å². The maximum atomic E-state index is 12.8. The first-order chi connectivity index (χ1) is 18.0. The van der Waals surface area contributed by atoms with Crippen LogP contribution < -0.4 is 31.1 Å². The molecule has 2 amide bonds. The van der Waals surface area contributed by atoms with Crippen molar-refractivity contribution in [3.05, 3.63) is 30.1 Å². The van der Waals surface area contributed by atoms with E-state index in [1.165, 1.54) is 0 Å². The Bertz CT molecular complexity index is 1260. The van der Waals surface area contributed by atoms with E-state index in [4.69, 9.17) is 15.5 Å². The van der Waals surface area contributed by atoms with Gasteiger partial charge in [-0.05, 0) is 37.5 Å². The zero-order valence-corrected chi connectivity index (χ0v) is 21.1. The fourth-order valence-corrected chi connectivity index (χ4v) is 5.20. The normalized spacial score (nSPS) is 19.2. The van der Waals surface area contributed by atoms with E-state index in [-0.39, 0.29) is 18.1 Å². The first kappa shape index (κ1) is 23.7. The van der Waals surface area contributed by atoms with E-state index in [1.54, 1.807) is 6.33 Å². The molecule has 0 bridgehead atoms. The Morgan fingerprint density at radius 1 is 1.08 bits per heavy atom. The number of H-pyrrole nitrogens is 1. The van der Waals surface area contributed by atoms with Gasteiger partial charge in [-0.2, -0.15) is 0 Å². The number of hydrogen-bond acceptors (Lipinski definition) is 9. The number of fused-ring (bicyclic) bond motifs is 1. The van der Waals surface area contributed by atoms with Crippen LogP contribution in [-0.4, -0.2) is 90.5 Å². The molecule has 12 heteroatoms. The summed E-state index contributed by atoms with van der Waals surface area (Å²) in [4.78, 5) is 36.5. The average molecular weight is 507 g/mol. The Morgan fingerprint density at radius 2 is 1.86 bits per heavy atom. The van der Waals surface area contributed by atoms with E-state index in [9.17, 15) is 4.79 Å². The van der Waals surface area contributed by atoms with Crippen LogP contribution in [0.3, 0.4) is 0 Å². The summed E-state index contributed by atoms with van der Waals surface area (Å²) in [6, 6.07) is 6.29. The molecule has 3 aliphatic rings. The van der Waals surface area contributed by atoms with Crippen LogP contribution in [0.25, 0.3) is 11.2 Å². The smallest absolute Gasteiger partial charge is 0.319 e. The molecular formula is C25H34N10O2. The van der Waals surface area contributed by atoms with Crippen LogP contribution in [0.1, 0.15) is 18.4 Å². The lowest BCUT2D eigenvalue weighted by molar-refractivity contribution is 0.122. The number of anilines is 4. The molecule has 0 spiro atoms. The fraction of sp³-hybridized carbons (Fsp3) is 0.520. The number of hydrogen-bond donors (Lipinski definition) is 4. The molecule has 0 aliphatic carbocycles. The fourth-order valence-electron chi connectivity index (χ4n) is 5.20. The molecule has 0 unspecified atom stereocenters. The number of benzene rings is 1. The minimum atomic E-state index is -0.173. The zero-order valence-electron chi connectivity index (χ0n) is 21.1. The minimum Gasteiger partial charge on any atom is -0.378 e. The van der Waals surface area contributed by atoms with Crippen molar-refractivity contribution in [1.29, 1.82) is 0 Å². The van der Waals surface area contributed by atoms with Crippen molar-refractivity contribution in [3.63, 3.8) is 0 Å². The maximum absolute atomic E-state index is 12.8. The van der Waals surface area contributed by atoms with Gasteiger partial charge in [0.1, 0.15) is 6.33 Å². The monoisotopic (exact) mass is 506 g/mol. The highest BCUT2D eigenvalue weighted by Gasteiger charge is 2.26. The average Bonchev–Trinajstić information content (AvgIpc) is 3.34. The number of nitrogens with one attached hydrogen (secondary N) is 3. The molecule has 0 saturated carbocycles. The van der Waals surface area contributed by atoms with Crippen molar-refractivity contribution >= 4 is 40.3 Å². The molecule has 3 saturated heterocycles. The van der Waals surface area contributed by atoms with Gasteiger partial charge in [0.25, 0.3) is 0 Å². The van der Waals surface area contributed by atoms with E-state index >= 15 is 0 Å². The predicted molar refractivity (Wildman–Crippen MR) is 143 cm³/mol. The van der Waals surface area contributed by atoms with Gasteiger partial charge in [0, 0.05) is 62.7 Å². The molecule has 5 heterocycles. The zero-order chi connectivity index (χ0) is 25.4. The number of carbonyl (C=O) groups is 1. The number of ether oxygens (including phenoxy) is 1. The van der Waals surface area contributed by atoms with Gasteiger partial charge in [-0.25, -0.2) is 19.7 Å². The molecule has 37 heavy (non-hydrogen) atoms. The van der Waals surface area contributed by atoms with Crippen molar-refractivity contribution in [1.82, 2.24) is 25.3 Å². The van der Waals surface area contributed by atoms with Gasteiger partial charge in [0.2, 0.25) is 5.95 Å². The second kappa shape index (κ2) is 10.0. The lowest BCUT2D eigenvalue weighted by atomic mass is 10.1. The summed E-state index contributed by atoms with van der Waals surface area (Å²) >= 11 is 0. The quantitative estimate of drug-likeness (QED) is 0.404. The Balaban J connectivity index is 1.05. The number of rotatable bonds is 5. The second-order valence-electron chi connectivity index (χ2n) is 10.1. The summed E-state index contributed by atoms with van der Waals surface area (Å²) in [5.74, 6) is 1.64. The molecule has 3 aromatic rings. The number of morpholine rings is 1. The Hall–Kier alpha value is -3.64. The lowest BCUT2D eigenvalue weighted by Gasteiger charge is -2.39. The summed E-state index contributed by atoms with van der Waals surface area (Å²) in [6.07, 6.45) is 3.24. The van der Waals surface area contributed by atoms with Gasteiger partial charge in [-0.3, -0.25) is 0 Å². The number of nitrogens with two attached hydrogens (primary N) is 1. The van der Waals surface area contributed by atoms with Crippen molar-refractivity contribution in [3.8, 4) is 0 Å². The third-order valence-corrected chi connectivity index (χ3v) is 7.44. The van der Waals surface area contributed by atoms with Crippen LogP contribution in [0, 0.1) is 6.92 Å². The topological polar surface area (TPSA) is 141 Å². The van der Waals surface area contributed by atoms with Crippen molar-refractivity contribution in [2.75, 3.05) is 72.5 Å². The number of carbonyl (C=O) groups excluding carboxylic acids is 1. The summed E-state index contributed by atoms with van der Waals surface area (Å²) in [5, 5.41) is 6.19. The number of urea groups is 1. The van der Waals surface area contributed by atoms with Crippen LogP contribution in [0.4, 0.5) is 27.9 Å². The first-order valence-electron chi connectivity index (χ1n) is 13.0. The van der Waals surface area contributed by atoms with Gasteiger partial charge < -0.3 is 40.8 Å². The summed E-state index contributed by atoms with van der Waals surface area (Å²) < 4.78 is 5.47. The standard InChI is InChI=1S/C25H34N10O2/c1-16-2-3-19(35-13-17(26)14-35)12-20(16)30-25(36)29-18-4-6-34(7-5-18)24-31-21-22(32-24)27-15-28-23(21)33-8-10-37-11-9-33/h2-3,12,15,17-18H,4-11,13-14,26H2,1H3,(H2,29,30,36)(H,27,28,31,32).